The molecule has 0 fully saturated rings. The maximum Gasteiger partial charge on any atom is 0.259 e. The normalized spacial score (nSPS) is 13.7. The first-order chi connectivity index (χ1) is 13.8. The summed E-state index contributed by atoms with van der Waals surface area (Å²) < 4.78 is 5.47. The zero-order valence-corrected chi connectivity index (χ0v) is 18.9. The number of nitrogens with one attached hydrogen (secondary N) is 2. The van der Waals surface area contributed by atoms with E-state index in [0.717, 1.165) is 21.0 Å². The number of nitrogens with zero attached hydrogens (tertiary/aromatic N) is 2. The summed E-state index contributed by atoms with van der Waals surface area (Å²) in [6.07, 6.45) is 1.63. The van der Waals surface area contributed by atoms with Crippen molar-refractivity contribution in [2.24, 2.45) is 0 Å². The van der Waals surface area contributed by atoms with Crippen LogP contribution in [-0.4, -0.2) is 46.7 Å². The molecule has 0 aliphatic heterocycles. The van der Waals surface area contributed by atoms with Crippen molar-refractivity contribution in [3.05, 3.63) is 50.8 Å². The number of amides is 1. The van der Waals surface area contributed by atoms with Crippen LogP contribution < -0.4 is 10.9 Å². The third-order valence-electron chi connectivity index (χ3n) is 4.89. The van der Waals surface area contributed by atoms with Gasteiger partial charge in [0.1, 0.15) is 16.4 Å². The van der Waals surface area contributed by atoms with Crippen LogP contribution in [0.2, 0.25) is 0 Å². The predicted octanol–water partition coefficient (Wildman–Crippen LogP) is 3.24. The lowest BCUT2D eigenvalue weighted by Crippen LogP contribution is -2.38. The van der Waals surface area contributed by atoms with E-state index in [0.29, 0.717) is 23.5 Å². The molecule has 3 rings (SSSR count). The number of likely N-dealkylation sites (N-methyl/N-ethyl adjacent to an activating group) is 1. The van der Waals surface area contributed by atoms with E-state index in [2.05, 4.69) is 15.3 Å². The number of carbonyl (C=O) groups is 1. The van der Waals surface area contributed by atoms with Gasteiger partial charge in [0.15, 0.2) is 0 Å². The lowest BCUT2D eigenvalue weighted by molar-refractivity contribution is -0.120. The molecule has 3 aromatic heterocycles. The number of furan rings is 1. The summed E-state index contributed by atoms with van der Waals surface area (Å²) in [6, 6.07) is 3.71. The van der Waals surface area contributed by atoms with Crippen molar-refractivity contribution >= 4 is 39.2 Å². The van der Waals surface area contributed by atoms with E-state index < -0.39 is 0 Å². The van der Waals surface area contributed by atoms with Crippen molar-refractivity contribution in [1.29, 1.82) is 0 Å². The molecule has 1 amide bonds. The minimum atomic E-state index is -0.276. The van der Waals surface area contributed by atoms with Gasteiger partial charge >= 0.3 is 0 Å². The first kappa shape index (κ1) is 21.6. The van der Waals surface area contributed by atoms with Gasteiger partial charge in [-0.2, -0.15) is 0 Å². The highest BCUT2D eigenvalue weighted by Crippen LogP contribution is 2.26. The first-order valence-electron chi connectivity index (χ1n) is 9.36. The molecule has 2 unspecified atom stereocenters. The maximum absolute atomic E-state index is 12.5. The number of thiophene rings is 1. The van der Waals surface area contributed by atoms with Crippen LogP contribution in [0.1, 0.15) is 35.0 Å². The maximum atomic E-state index is 12.5. The minimum absolute atomic E-state index is 0.0307. The summed E-state index contributed by atoms with van der Waals surface area (Å²) in [5, 5.41) is 3.38. The van der Waals surface area contributed by atoms with Gasteiger partial charge in [-0.3, -0.25) is 14.5 Å². The van der Waals surface area contributed by atoms with E-state index in [-0.39, 0.29) is 22.8 Å². The highest BCUT2D eigenvalue weighted by molar-refractivity contribution is 7.99. The first-order valence-corrected chi connectivity index (χ1v) is 11.2. The summed E-state index contributed by atoms with van der Waals surface area (Å²) in [4.78, 5) is 36.2. The topological polar surface area (TPSA) is 91.2 Å². The van der Waals surface area contributed by atoms with Crippen LogP contribution >= 0.6 is 23.1 Å². The lowest BCUT2D eigenvalue weighted by Gasteiger charge is -2.23. The number of hydrogen-bond acceptors (Lipinski definition) is 7. The van der Waals surface area contributed by atoms with Crippen molar-refractivity contribution in [3.63, 3.8) is 0 Å². The molecule has 3 aromatic rings. The fourth-order valence-corrected chi connectivity index (χ4v) is 4.83. The zero-order valence-electron chi connectivity index (χ0n) is 17.2. The van der Waals surface area contributed by atoms with E-state index in [1.807, 2.05) is 51.9 Å². The van der Waals surface area contributed by atoms with Crippen molar-refractivity contribution < 1.29 is 9.21 Å². The SMILES string of the molecule is Cc1sc2nc(CSC(C)C(=O)NCC(c3ccco3)N(C)C)[nH]c(=O)c2c1C. The number of carbonyl (C=O) groups excluding carboxylic acids is 1. The summed E-state index contributed by atoms with van der Waals surface area (Å²) in [7, 11) is 3.90. The average Bonchev–Trinajstić information content (AvgIpc) is 3.28. The Morgan fingerprint density at radius 1 is 1.41 bits per heavy atom. The number of hydrogen-bond donors (Lipinski definition) is 2. The van der Waals surface area contributed by atoms with Crippen LogP contribution in [0, 0.1) is 13.8 Å². The third-order valence-corrected chi connectivity index (χ3v) is 7.15. The van der Waals surface area contributed by atoms with Gasteiger partial charge in [0.05, 0.1) is 28.7 Å². The van der Waals surface area contributed by atoms with E-state index in [9.17, 15) is 9.59 Å². The fraction of sp³-hybridized carbons (Fsp3) is 0.450. The molecule has 0 saturated heterocycles. The molecule has 156 valence electrons. The van der Waals surface area contributed by atoms with E-state index in [4.69, 9.17) is 4.42 Å². The van der Waals surface area contributed by atoms with Crippen molar-refractivity contribution in [2.45, 2.75) is 37.8 Å². The van der Waals surface area contributed by atoms with Crippen LogP contribution in [0.3, 0.4) is 0 Å². The Bertz CT molecular complexity index is 1040. The van der Waals surface area contributed by atoms with Crippen LogP contribution in [-0.2, 0) is 10.5 Å². The number of aromatic nitrogens is 2. The molecule has 0 bridgehead atoms. The van der Waals surface area contributed by atoms with Crippen LogP contribution in [0.5, 0.6) is 0 Å². The molecule has 3 heterocycles. The second-order valence-electron chi connectivity index (χ2n) is 7.17. The number of thioether (sulfide) groups is 1. The van der Waals surface area contributed by atoms with Gasteiger partial charge in [0.25, 0.3) is 5.56 Å². The Morgan fingerprint density at radius 3 is 2.83 bits per heavy atom. The summed E-state index contributed by atoms with van der Waals surface area (Å²) in [5.74, 6) is 1.81. The van der Waals surface area contributed by atoms with Crippen LogP contribution in [0.4, 0.5) is 0 Å². The van der Waals surface area contributed by atoms with Gasteiger partial charge in [-0.05, 0) is 52.6 Å². The summed E-state index contributed by atoms with van der Waals surface area (Å²) >= 11 is 2.97. The fourth-order valence-electron chi connectivity index (χ4n) is 3.01. The number of fused-ring (bicyclic) bond motifs is 1. The number of H-pyrrole nitrogens is 1. The van der Waals surface area contributed by atoms with Gasteiger partial charge in [-0.1, -0.05) is 0 Å². The predicted molar refractivity (Wildman–Crippen MR) is 119 cm³/mol. The van der Waals surface area contributed by atoms with E-state index >= 15 is 0 Å². The van der Waals surface area contributed by atoms with Crippen molar-refractivity contribution in [1.82, 2.24) is 20.2 Å². The smallest absolute Gasteiger partial charge is 0.259 e. The molecule has 0 saturated carbocycles. The summed E-state index contributed by atoms with van der Waals surface area (Å²) in [5.41, 5.74) is 0.870. The average molecular weight is 435 g/mol. The third kappa shape index (κ3) is 4.91. The van der Waals surface area contributed by atoms with E-state index in [1.54, 1.807) is 6.26 Å². The number of rotatable bonds is 8. The largest absolute Gasteiger partial charge is 0.468 e. The van der Waals surface area contributed by atoms with Gasteiger partial charge < -0.3 is 14.7 Å². The summed E-state index contributed by atoms with van der Waals surface area (Å²) in [6.45, 7) is 6.24. The molecule has 0 aliphatic carbocycles. The van der Waals surface area contributed by atoms with Gasteiger partial charge in [0, 0.05) is 11.4 Å². The Balaban J connectivity index is 1.59. The lowest BCUT2D eigenvalue weighted by atomic mass is 10.2. The molecule has 29 heavy (non-hydrogen) atoms. The van der Waals surface area contributed by atoms with Crippen molar-refractivity contribution in [3.8, 4) is 0 Å². The second-order valence-corrected chi connectivity index (χ2v) is 9.70. The molecular formula is C20H26N4O3S2. The second kappa shape index (κ2) is 9.15. The van der Waals surface area contributed by atoms with Gasteiger partial charge in [-0.15, -0.1) is 23.1 Å². The highest BCUT2D eigenvalue weighted by Gasteiger charge is 2.21. The molecule has 7 nitrogen and oxygen atoms in total. The zero-order chi connectivity index (χ0) is 21.1. The molecule has 0 aromatic carbocycles. The molecule has 2 atom stereocenters. The minimum Gasteiger partial charge on any atom is -0.468 e. The molecule has 9 heteroatoms. The Hall–Kier alpha value is -2.10. The highest BCUT2D eigenvalue weighted by atomic mass is 32.2. The van der Waals surface area contributed by atoms with Crippen molar-refractivity contribution in [2.75, 3.05) is 20.6 Å². The van der Waals surface area contributed by atoms with E-state index in [1.165, 1.54) is 23.1 Å². The Kier molecular flexibility index (Phi) is 6.81. The van der Waals surface area contributed by atoms with Gasteiger partial charge in [-0.25, -0.2) is 4.98 Å². The quantitative estimate of drug-likeness (QED) is 0.566. The molecule has 2 N–H and O–H groups in total. The number of aromatic amines is 1. The molecule has 0 spiro atoms. The standard InChI is InChI=1S/C20H26N4O3S2/c1-11-12(2)29-20-17(11)19(26)22-16(23-20)10-28-13(3)18(25)21-9-14(24(4)5)15-7-6-8-27-15/h6-8,13-14H,9-10H2,1-5H3,(H,21,25)(H,22,23,26). The monoisotopic (exact) mass is 434 g/mol. The Labute approximate surface area is 177 Å². The van der Waals surface area contributed by atoms with Gasteiger partial charge in [0.2, 0.25) is 5.91 Å². The number of aryl methyl sites for hydroxylation is 2. The molecule has 0 aliphatic rings. The molecule has 0 radical (unpaired) electrons. The molecular weight excluding hydrogens is 408 g/mol. The van der Waals surface area contributed by atoms with Crippen LogP contribution in [0.25, 0.3) is 10.2 Å². The van der Waals surface area contributed by atoms with Crippen LogP contribution in [0.15, 0.2) is 27.6 Å². The Morgan fingerprint density at radius 2 is 2.17 bits per heavy atom.